The minimum atomic E-state index is 0.303. The molecule has 1 aliphatic carbocycles. The van der Waals surface area contributed by atoms with Gasteiger partial charge in [0.15, 0.2) is 0 Å². The van der Waals surface area contributed by atoms with Crippen molar-refractivity contribution in [1.29, 1.82) is 0 Å². The molecule has 0 bridgehead atoms. The number of nitrogens with one attached hydrogen (secondary N) is 1. The molecule has 0 saturated heterocycles. The van der Waals surface area contributed by atoms with Crippen LogP contribution in [-0.4, -0.2) is 19.1 Å². The number of rotatable bonds is 5. The Morgan fingerprint density at radius 3 is 2.43 bits per heavy atom. The maximum atomic E-state index is 5.79. The van der Waals surface area contributed by atoms with Gasteiger partial charge in [-0.15, -0.1) is 0 Å². The van der Waals surface area contributed by atoms with Gasteiger partial charge in [0.05, 0.1) is 0 Å². The van der Waals surface area contributed by atoms with Crippen molar-refractivity contribution in [3.05, 3.63) is 0 Å². The van der Waals surface area contributed by atoms with Crippen LogP contribution in [0.15, 0.2) is 0 Å². The van der Waals surface area contributed by atoms with E-state index in [0.717, 1.165) is 19.1 Å². The third-order valence-corrected chi connectivity index (χ3v) is 3.77. The fourth-order valence-electron chi connectivity index (χ4n) is 2.04. The second-order valence-electron chi connectivity index (χ2n) is 5.08. The average molecular weight is 198 g/mol. The molecular weight excluding hydrogens is 172 g/mol. The van der Waals surface area contributed by atoms with E-state index in [-0.39, 0.29) is 0 Å². The quantitative estimate of drug-likeness (QED) is 0.711. The second kappa shape index (κ2) is 5.72. The molecule has 0 aromatic heterocycles. The average Bonchev–Trinajstić information content (AvgIpc) is 2.27. The standard InChI is InChI=1S/C12H26N2/c1-3-12(2,9-13)10-14-11-7-5-4-6-8-11/h11,14H,3-10,13H2,1-2H3. The fraction of sp³-hybridized carbons (Fsp3) is 1.00. The summed E-state index contributed by atoms with van der Waals surface area (Å²) < 4.78 is 0. The third kappa shape index (κ3) is 3.58. The maximum Gasteiger partial charge on any atom is 0.00673 e. The monoisotopic (exact) mass is 198 g/mol. The molecule has 3 N–H and O–H groups in total. The van der Waals surface area contributed by atoms with E-state index in [1.54, 1.807) is 0 Å². The molecule has 0 amide bonds. The summed E-state index contributed by atoms with van der Waals surface area (Å²) in [6.45, 7) is 6.39. The first-order valence-electron chi connectivity index (χ1n) is 6.13. The molecule has 1 atom stereocenters. The van der Waals surface area contributed by atoms with Crippen LogP contribution in [0.4, 0.5) is 0 Å². The highest BCUT2D eigenvalue weighted by Crippen LogP contribution is 2.21. The lowest BCUT2D eigenvalue weighted by atomic mass is 9.86. The molecule has 1 saturated carbocycles. The smallest absolute Gasteiger partial charge is 0.00673 e. The van der Waals surface area contributed by atoms with E-state index < -0.39 is 0 Å². The Morgan fingerprint density at radius 2 is 1.93 bits per heavy atom. The van der Waals surface area contributed by atoms with Crippen molar-refractivity contribution in [3.63, 3.8) is 0 Å². The molecule has 0 aromatic rings. The van der Waals surface area contributed by atoms with Gasteiger partial charge in [0, 0.05) is 12.6 Å². The van der Waals surface area contributed by atoms with Gasteiger partial charge in [-0.2, -0.15) is 0 Å². The largest absolute Gasteiger partial charge is 0.330 e. The predicted octanol–water partition coefficient (Wildman–Crippen LogP) is 2.28. The van der Waals surface area contributed by atoms with Crippen molar-refractivity contribution in [3.8, 4) is 0 Å². The lowest BCUT2D eigenvalue weighted by Crippen LogP contribution is -2.42. The van der Waals surface area contributed by atoms with Crippen molar-refractivity contribution >= 4 is 0 Å². The fourth-order valence-corrected chi connectivity index (χ4v) is 2.04. The van der Waals surface area contributed by atoms with E-state index in [4.69, 9.17) is 5.73 Å². The number of hydrogen-bond donors (Lipinski definition) is 2. The van der Waals surface area contributed by atoms with Gasteiger partial charge in [0.1, 0.15) is 0 Å². The Kier molecular flexibility index (Phi) is 4.90. The van der Waals surface area contributed by atoms with Crippen molar-refractivity contribution in [2.24, 2.45) is 11.1 Å². The Morgan fingerprint density at radius 1 is 1.29 bits per heavy atom. The Labute approximate surface area is 88.6 Å². The third-order valence-electron chi connectivity index (χ3n) is 3.77. The summed E-state index contributed by atoms with van der Waals surface area (Å²) in [5.41, 5.74) is 6.10. The van der Waals surface area contributed by atoms with Crippen LogP contribution in [0.3, 0.4) is 0 Å². The molecule has 0 aromatic carbocycles. The van der Waals surface area contributed by atoms with Gasteiger partial charge < -0.3 is 11.1 Å². The van der Waals surface area contributed by atoms with Gasteiger partial charge in [-0.1, -0.05) is 33.1 Å². The molecule has 2 nitrogen and oxygen atoms in total. The van der Waals surface area contributed by atoms with Gasteiger partial charge in [-0.25, -0.2) is 0 Å². The summed E-state index contributed by atoms with van der Waals surface area (Å²) in [6, 6.07) is 0.765. The topological polar surface area (TPSA) is 38.0 Å². The lowest BCUT2D eigenvalue weighted by molar-refractivity contribution is 0.265. The van der Waals surface area contributed by atoms with E-state index in [1.165, 1.54) is 38.5 Å². The van der Waals surface area contributed by atoms with E-state index in [1.807, 2.05) is 0 Å². The van der Waals surface area contributed by atoms with Crippen LogP contribution < -0.4 is 11.1 Å². The molecule has 0 heterocycles. The first-order chi connectivity index (χ1) is 6.70. The highest BCUT2D eigenvalue weighted by molar-refractivity contribution is 4.80. The van der Waals surface area contributed by atoms with Crippen molar-refractivity contribution in [2.75, 3.05) is 13.1 Å². The Bertz CT molecular complexity index is 146. The lowest BCUT2D eigenvalue weighted by Gasteiger charge is -2.31. The molecule has 0 radical (unpaired) electrons. The molecule has 1 fully saturated rings. The predicted molar refractivity (Wildman–Crippen MR) is 62.3 cm³/mol. The maximum absolute atomic E-state index is 5.79. The molecule has 84 valence electrons. The number of hydrogen-bond acceptors (Lipinski definition) is 2. The zero-order valence-electron chi connectivity index (χ0n) is 9.81. The zero-order chi connectivity index (χ0) is 10.4. The van der Waals surface area contributed by atoms with Crippen molar-refractivity contribution < 1.29 is 0 Å². The minimum Gasteiger partial charge on any atom is -0.330 e. The first-order valence-corrected chi connectivity index (χ1v) is 6.13. The molecule has 0 aliphatic heterocycles. The highest BCUT2D eigenvalue weighted by Gasteiger charge is 2.22. The van der Waals surface area contributed by atoms with Crippen LogP contribution in [0.5, 0.6) is 0 Å². The van der Waals surface area contributed by atoms with E-state index in [9.17, 15) is 0 Å². The summed E-state index contributed by atoms with van der Waals surface area (Å²) in [5.74, 6) is 0. The molecule has 1 aliphatic rings. The van der Waals surface area contributed by atoms with Crippen LogP contribution >= 0.6 is 0 Å². The second-order valence-corrected chi connectivity index (χ2v) is 5.08. The van der Waals surface area contributed by atoms with Gasteiger partial charge in [-0.05, 0) is 31.2 Å². The van der Waals surface area contributed by atoms with Crippen LogP contribution in [-0.2, 0) is 0 Å². The van der Waals surface area contributed by atoms with Crippen LogP contribution in [0.2, 0.25) is 0 Å². The molecule has 2 heteroatoms. The molecule has 0 spiro atoms. The van der Waals surface area contributed by atoms with Crippen LogP contribution in [0, 0.1) is 5.41 Å². The normalized spacial score (nSPS) is 23.4. The van der Waals surface area contributed by atoms with Crippen molar-refractivity contribution in [2.45, 2.75) is 58.4 Å². The molecule has 14 heavy (non-hydrogen) atoms. The van der Waals surface area contributed by atoms with Gasteiger partial charge in [0.2, 0.25) is 0 Å². The Hall–Kier alpha value is -0.0800. The molecular formula is C12H26N2. The highest BCUT2D eigenvalue weighted by atomic mass is 14.9. The summed E-state index contributed by atoms with van der Waals surface area (Å²) in [6.07, 6.45) is 8.14. The zero-order valence-corrected chi connectivity index (χ0v) is 9.81. The van der Waals surface area contributed by atoms with E-state index in [0.29, 0.717) is 5.41 Å². The minimum absolute atomic E-state index is 0.303. The molecule has 1 rings (SSSR count). The SMILES string of the molecule is CCC(C)(CN)CNC1CCCCC1. The van der Waals surface area contributed by atoms with E-state index in [2.05, 4.69) is 19.2 Å². The van der Waals surface area contributed by atoms with E-state index >= 15 is 0 Å². The Balaban J connectivity index is 2.23. The number of nitrogens with two attached hydrogens (primary N) is 1. The van der Waals surface area contributed by atoms with Crippen LogP contribution in [0.1, 0.15) is 52.4 Å². The summed E-state index contributed by atoms with van der Waals surface area (Å²) in [5, 5.41) is 3.68. The van der Waals surface area contributed by atoms with Gasteiger partial charge in [-0.3, -0.25) is 0 Å². The van der Waals surface area contributed by atoms with Crippen LogP contribution in [0.25, 0.3) is 0 Å². The van der Waals surface area contributed by atoms with Gasteiger partial charge >= 0.3 is 0 Å². The van der Waals surface area contributed by atoms with Crippen molar-refractivity contribution in [1.82, 2.24) is 5.32 Å². The van der Waals surface area contributed by atoms with Gasteiger partial charge in [0.25, 0.3) is 0 Å². The summed E-state index contributed by atoms with van der Waals surface area (Å²) in [4.78, 5) is 0. The molecule has 1 unspecified atom stereocenters. The summed E-state index contributed by atoms with van der Waals surface area (Å²) in [7, 11) is 0. The summed E-state index contributed by atoms with van der Waals surface area (Å²) >= 11 is 0. The first kappa shape index (κ1) is 12.0.